The third-order valence-corrected chi connectivity index (χ3v) is 6.29. The molecule has 2 aromatic rings. The van der Waals surface area contributed by atoms with Crippen molar-refractivity contribution in [3.8, 4) is 0 Å². The molecule has 2 fully saturated rings. The minimum atomic E-state index is 0.242. The van der Waals surface area contributed by atoms with Crippen molar-refractivity contribution in [2.75, 3.05) is 37.7 Å². The van der Waals surface area contributed by atoms with Gasteiger partial charge in [-0.2, -0.15) is 0 Å². The summed E-state index contributed by atoms with van der Waals surface area (Å²) in [6, 6.07) is 8.47. The number of benzene rings is 1. The molecule has 8 heteroatoms. The summed E-state index contributed by atoms with van der Waals surface area (Å²) in [4.78, 5) is 4.00. The number of piperazine rings is 1. The summed E-state index contributed by atoms with van der Waals surface area (Å²) in [5.41, 5.74) is 1.21. The lowest BCUT2D eigenvalue weighted by Crippen LogP contribution is -3.15. The number of anilines is 1. The molecule has 1 N–H and O–H groups in total. The van der Waals surface area contributed by atoms with Crippen molar-refractivity contribution in [1.82, 2.24) is 20.2 Å². The SMILES string of the molecule is CC(C)C[C@H](c1nnnn1C[C@@H]1CCCO1)[NH+]1CCN(c2cccc(Cl)c2)CC1. The zero-order chi connectivity index (χ0) is 20.2. The van der Waals surface area contributed by atoms with Crippen LogP contribution in [0.2, 0.25) is 5.02 Å². The van der Waals surface area contributed by atoms with Crippen molar-refractivity contribution < 1.29 is 9.64 Å². The number of rotatable bonds is 7. The molecule has 2 saturated heterocycles. The van der Waals surface area contributed by atoms with Gasteiger partial charge in [-0.3, -0.25) is 0 Å². The van der Waals surface area contributed by atoms with Crippen molar-refractivity contribution in [2.45, 2.75) is 51.8 Å². The van der Waals surface area contributed by atoms with Crippen LogP contribution in [0.4, 0.5) is 5.69 Å². The van der Waals surface area contributed by atoms with Crippen LogP contribution < -0.4 is 9.80 Å². The minimum Gasteiger partial charge on any atom is -0.376 e. The van der Waals surface area contributed by atoms with Crippen LogP contribution in [-0.4, -0.2) is 59.1 Å². The van der Waals surface area contributed by atoms with Crippen LogP contribution in [0.1, 0.15) is 45.0 Å². The molecule has 1 aromatic heterocycles. The Bertz CT molecular complexity index is 783. The van der Waals surface area contributed by atoms with Gasteiger partial charge in [-0.25, -0.2) is 4.68 Å². The predicted octanol–water partition coefficient (Wildman–Crippen LogP) is 2.00. The molecule has 2 aliphatic rings. The minimum absolute atomic E-state index is 0.242. The fraction of sp³-hybridized carbons (Fsp3) is 0.667. The van der Waals surface area contributed by atoms with Crippen LogP contribution in [0.5, 0.6) is 0 Å². The smallest absolute Gasteiger partial charge is 0.209 e. The average Bonchev–Trinajstić information content (AvgIpc) is 3.39. The molecule has 29 heavy (non-hydrogen) atoms. The third kappa shape index (κ3) is 5.08. The highest BCUT2D eigenvalue weighted by Gasteiger charge is 2.34. The molecule has 0 bridgehead atoms. The number of nitrogens with zero attached hydrogens (tertiary/aromatic N) is 5. The van der Waals surface area contributed by atoms with E-state index in [4.69, 9.17) is 16.3 Å². The van der Waals surface area contributed by atoms with Gasteiger partial charge in [0.2, 0.25) is 5.82 Å². The van der Waals surface area contributed by atoms with Gasteiger partial charge in [-0.05, 0) is 47.4 Å². The summed E-state index contributed by atoms with van der Waals surface area (Å²) >= 11 is 6.19. The molecule has 0 amide bonds. The van der Waals surface area contributed by atoms with Gasteiger partial charge in [0.1, 0.15) is 6.04 Å². The molecule has 1 aromatic carbocycles. The van der Waals surface area contributed by atoms with E-state index in [1.54, 1.807) is 4.90 Å². The zero-order valence-electron chi connectivity index (χ0n) is 17.4. The summed E-state index contributed by atoms with van der Waals surface area (Å²) in [5.74, 6) is 1.60. The van der Waals surface area contributed by atoms with E-state index in [2.05, 4.69) is 46.4 Å². The first-order valence-electron chi connectivity index (χ1n) is 10.8. The first-order valence-corrected chi connectivity index (χ1v) is 11.2. The molecule has 0 spiro atoms. The second kappa shape index (κ2) is 9.41. The molecule has 0 unspecified atom stereocenters. The highest BCUT2D eigenvalue weighted by molar-refractivity contribution is 6.30. The van der Waals surface area contributed by atoms with Gasteiger partial charge in [0.15, 0.2) is 0 Å². The summed E-state index contributed by atoms with van der Waals surface area (Å²) in [6.07, 6.45) is 3.55. The molecule has 0 saturated carbocycles. The predicted molar refractivity (Wildman–Crippen MR) is 113 cm³/mol. The first kappa shape index (κ1) is 20.6. The van der Waals surface area contributed by atoms with E-state index in [1.807, 2.05) is 16.8 Å². The maximum Gasteiger partial charge on any atom is 0.209 e. The maximum atomic E-state index is 6.19. The average molecular weight is 420 g/mol. The molecule has 4 rings (SSSR count). The van der Waals surface area contributed by atoms with Crippen LogP contribution in [0, 0.1) is 5.92 Å². The highest BCUT2D eigenvalue weighted by atomic mass is 35.5. The Morgan fingerprint density at radius 3 is 2.79 bits per heavy atom. The summed E-state index contributed by atoms with van der Waals surface area (Å²) < 4.78 is 7.82. The van der Waals surface area contributed by atoms with Crippen LogP contribution >= 0.6 is 11.6 Å². The van der Waals surface area contributed by atoms with Crippen LogP contribution in [0.15, 0.2) is 24.3 Å². The Labute approximate surface area is 178 Å². The first-order chi connectivity index (χ1) is 14.1. The monoisotopic (exact) mass is 419 g/mol. The summed E-state index contributed by atoms with van der Waals surface area (Å²) in [7, 11) is 0. The molecule has 7 nitrogen and oxygen atoms in total. The summed E-state index contributed by atoms with van der Waals surface area (Å²) in [5, 5.41) is 13.6. The van der Waals surface area contributed by atoms with Gasteiger partial charge in [0.25, 0.3) is 0 Å². The van der Waals surface area contributed by atoms with Crippen molar-refractivity contribution >= 4 is 17.3 Å². The molecule has 158 valence electrons. The number of hydrogen-bond acceptors (Lipinski definition) is 5. The van der Waals surface area contributed by atoms with Crippen LogP contribution in [0.3, 0.4) is 0 Å². The highest BCUT2D eigenvalue weighted by Crippen LogP contribution is 2.22. The third-order valence-electron chi connectivity index (χ3n) is 6.05. The van der Waals surface area contributed by atoms with Gasteiger partial charge in [-0.15, -0.1) is 5.10 Å². The normalized spacial score (nSPS) is 21.8. The van der Waals surface area contributed by atoms with E-state index >= 15 is 0 Å². The molecule has 2 atom stereocenters. The van der Waals surface area contributed by atoms with E-state index in [9.17, 15) is 0 Å². The standard InChI is InChI=1S/C21H31ClN6O/c1-16(2)13-20(21-23-24-25-28(21)15-19-7-4-12-29-19)27-10-8-26(9-11-27)18-6-3-5-17(22)14-18/h3,5-6,14,16,19-20H,4,7-13,15H2,1-2H3/p+1/t19-,20+/m0/s1. The van der Waals surface area contributed by atoms with Crippen LogP contribution in [-0.2, 0) is 11.3 Å². The van der Waals surface area contributed by atoms with E-state index in [0.717, 1.165) is 69.4 Å². The van der Waals surface area contributed by atoms with Crippen molar-refractivity contribution in [2.24, 2.45) is 5.92 Å². The number of halogens is 1. The second-order valence-electron chi connectivity index (χ2n) is 8.66. The number of nitrogens with one attached hydrogen (secondary N) is 1. The molecule has 0 radical (unpaired) electrons. The topological polar surface area (TPSA) is 60.5 Å². The zero-order valence-corrected chi connectivity index (χ0v) is 18.2. The summed E-state index contributed by atoms with van der Waals surface area (Å²) in [6.45, 7) is 10.3. The van der Waals surface area contributed by atoms with E-state index in [0.29, 0.717) is 12.0 Å². The quantitative estimate of drug-likeness (QED) is 0.743. The number of quaternary nitrogens is 1. The Kier molecular flexibility index (Phi) is 6.67. The van der Waals surface area contributed by atoms with Crippen LogP contribution in [0.25, 0.3) is 0 Å². The number of hydrogen-bond donors (Lipinski definition) is 1. The number of aromatic nitrogens is 4. The van der Waals surface area contributed by atoms with Crippen molar-refractivity contribution in [3.05, 3.63) is 35.1 Å². The van der Waals surface area contributed by atoms with Gasteiger partial charge >= 0.3 is 0 Å². The Morgan fingerprint density at radius 2 is 2.10 bits per heavy atom. The number of ether oxygens (including phenoxy) is 1. The Morgan fingerprint density at radius 1 is 1.28 bits per heavy atom. The molecule has 0 aliphatic carbocycles. The Hall–Kier alpha value is -1.70. The van der Waals surface area contributed by atoms with E-state index in [1.165, 1.54) is 5.69 Å². The van der Waals surface area contributed by atoms with Crippen molar-refractivity contribution in [1.29, 1.82) is 0 Å². The molecule has 2 aliphatic heterocycles. The van der Waals surface area contributed by atoms with Gasteiger partial charge in [-0.1, -0.05) is 31.5 Å². The van der Waals surface area contributed by atoms with Gasteiger partial charge in [0.05, 0.1) is 38.8 Å². The largest absolute Gasteiger partial charge is 0.376 e. The fourth-order valence-corrected chi connectivity index (χ4v) is 4.76. The van der Waals surface area contributed by atoms with Gasteiger partial charge < -0.3 is 14.5 Å². The van der Waals surface area contributed by atoms with Crippen molar-refractivity contribution in [3.63, 3.8) is 0 Å². The lowest BCUT2D eigenvalue weighted by Gasteiger charge is -2.37. The number of tetrazole rings is 1. The lowest BCUT2D eigenvalue weighted by molar-refractivity contribution is -0.934. The van der Waals surface area contributed by atoms with E-state index in [-0.39, 0.29) is 6.10 Å². The Balaban J connectivity index is 1.46. The fourth-order valence-electron chi connectivity index (χ4n) is 4.57. The lowest BCUT2D eigenvalue weighted by atomic mass is 10.0. The second-order valence-corrected chi connectivity index (χ2v) is 9.10. The van der Waals surface area contributed by atoms with E-state index < -0.39 is 0 Å². The molecular formula is C21H32ClN6O+. The maximum absolute atomic E-state index is 6.19. The molecular weight excluding hydrogens is 388 g/mol. The molecule has 3 heterocycles. The van der Waals surface area contributed by atoms with Gasteiger partial charge in [0, 0.05) is 23.7 Å².